The summed E-state index contributed by atoms with van der Waals surface area (Å²) in [6.45, 7) is 1.15. The maximum absolute atomic E-state index is 12.1. The molecule has 5 nitrogen and oxygen atoms in total. The van der Waals surface area contributed by atoms with Crippen molar-refractivity contribution < 1.29 is 9.53 Å². The molecule has 0 spiro atoms. The number of likely N-dealkylation sites (tertiary alicyclic amines) is 1. The molecule has 1 aromatic heterocycles. The molecule has 0 saturated carbocycles. The van der Waals surface area contributed by atoms with Crippen LogP contribution in [0.3, 0.4) is 0 Å². The third-order valence-electron chi connectivity index (χ3n) is 3.55. The van der Waals surface area contributed by atoms with Gasteiger partial charge in [0.25, 0.3) is 0 Å². The Kier molecular flexibility index (Phi) is 4.01. The van der Waals surface area contributed by atoms with Crippen LogP contribution in [0.2, 0.25) is 0 Å². The molecule has 110 valence electrons. The molecule has 5 heteroatoms. The SMILES string of the molecule is N#Cc1ccc(OC2CN(C(=O)Cc3ccccc3)C2)nc1. The lowest BCUT2D eigenvalue weighted by molar-refractivity contribution is -0.139. The lowest BCUT2D eigenvalue weighted by atomic mass is 10.1. The fourth-order valence-corrected chi connectivity index (χ4v) is 2.29. The Balaban J connectivity index is 1.47. The molecule has 1 aliphatic rings. The van der Waals surface area contributed by atoms with Crippen molar-refractivity contribution in [3.63, 3.8) is 0 Å². The van der Waals surface area contributed by atoms with Gasteiger partial charge in [0, 0.05) is 12.3 Å². The van der Waals surface area contributed by atoms with Gasteiger partial charge in [-0.25, -0.2) is 4.98 Å². The fraction of sp³-hybridized carbons (Fsp3) is 0.235. The van der Waals surface area contributed by atoms with E-state index in [1.54, 1.807) is 17.0 Å². The lowest BCUT2D eigenvalue weighted by Crippen LogP contribution is -2.56. The van der Waals surface area contributed by atoms with E-state index < -0.39 is 0 Å². The maximum atomic E-state index is 12.1. The number of rotatable bonds is 4. The summed E-state index contributed by atoms with van der Waals surface area (Å²) >= 11 is 0. The minimum absolute atomic E-state index is 0.0276. The molecule has 1 amide bonds. The number of benzene rings is 1. The first-order valence-electron chi connectivity index (χ1n) is 7.09. The third kappa shape index (κ3) is 3.23. The van der Waals surface area contributed by atoms with Gasteiger partial charge in [-0.05, 0) is 11.6 Å². The highest BCUT2D eigenvalue weighted by molar-refractivity contribution is 5.79. The van der Waals surface area contributed by atoms with Gasteiger partial charge in [0.1, 0.15) is 12.2 Å². The van der Waals surface area contributed by atoms with E-state index in [0.717, 1.165) is 5.56 Å². The number of pyridine rings is 1. The Labute approximate surface area is 128 Å². The van der Waals surface area contributed by atoms with Crippen LogP contribution in [0.25, 0.3) is 0 Å². The molecule has 0 N–H and O–H groups in total. The standard InChI is InChI=1S/C17H15N3O2/c18-9-14-6-7-16(19-10-14)22-15-11-20(12-15)17(21)8-13-4-2-1-3-5-13/h1-7,10,15H,8,11-12H2. The van der Waals surface area contributed by atoms with Crippen LogP contribution in [0.5, 0.6) is 5.88 Å². The van der Waals surface area contributed by atoms with E-state index in [1.165, 1.54) is 6.20 Å². The van der Waals surface area contributed by atoms with Gasteiger partial charge in [-0.3, -0.25) is 4.79 Å². The third-order valence-corrected chi connectivity index (χ3v) is 3.55. The molecule has 2 heterocycles. The molecule has 0 aliphatic carbocycles. The second kappa shape index (κ2) is 6.27. The summed E-state index contributed by atoms with van der Waals surface area (Å²) in [6.07, 6.45) is 1.87. The Bertz CT molecular complexity index is 686. The van der Waals surface area contributed by atoms with E-state index in [1.807, 2.05) is 36.4 Å². The summed E-state index contributed by atoms with van der Waals surface area (Å²) in [5, 5.41) is 8.71. The summed E-state index contributed by atoms with van der Waals surface area (Å²) in [5.41, 5.74) is 1.52. The maximum Gasteiger partial charge on any atom is 0.227 e. The lowest BCUT2D eigenvalue weighted by Gasteiger charge is -2.38. The van der Waals surface area contributed by atoms with Crippen LogP contribution in [0.15, 0.2) is 48.7 Å². The zero-order valence-electron chi connectivity index (χ0n) is 12.0. The van der Waals surface area contributed by atoms with E-state index in [-0.39, 0.29) is 12.0 Å². The molecule has 0 atom stereocenters. The first kappa shape index (κ1) is 14.1. The van der Waals surface area contributed by atoms with Gasteiger partial charge < -0.3 is 9.64 Å². The zero-order valence-corrected chi connectivity index (χ0v) is 12.0. The molecule has 1 fully saturated rings. The number of ether oxygens (including phenoxy) is 1. The number of aromatic nitrogens is 1. The van der Waals surface area contributed by atoms with Crippen molar-refractivity contribution in [1.29, 1.82) is 5.26 Å². The smallest absolute Gasteiger partial charge is 0.227 e. The van der Waals surface area contributed by atoms with Gasteiger partial charge in [-0.2, -0.15) is 5.26 Å². The van der Waals surface area contributed by atoms with Crippen LogP contribution < -0.4 is 4.74 Å². The van der Waals surface area contributed by atoms with Crippen LogP contribution in [-0.2, 0) is 11.2 Å². The number of carbonyl (C=O) groups is 1. The van der Waals surface area contributed by atoms with Gasteiger partial charge in [-0.15, -0.1) is 0 Å². The number of amides is 1. The van der Waals surface area contributed by atoms with E-state index >= 15 is 0 Å². The summed E-state index contributed by atoms with van der Waals surface area (Å²) in [7, 11) is 0. The second-order valence-corrected chi connectivity index (χ2v) is 5.20. The molecule has 0 bridgehead atoms. The van der Waals surface area contributed by atoms with Crippen LogP contribution in [0.4, 0.5) is 0 Å². The predicted molar refractivity (Wildman–Crippen MR) is 80.1 cm³/mol. The van der Waals surface area contributed by atoms with Gasteiger partial charge in [0.15, 0.2) is 0 Å². The minimum atomic E-state index is -0.0276. The Morgan fingerprint density at radius 1 is 1.27 bits per heavy atom. The van der Waals surface area contributed by atoms with Gasteiger partial charge in [0.05, 0.1) is 25.1 Å². The highest BCUT2D eigenvalue weighted by atomic mass is 16.5. The average molecular weight is 293 g/mol. The van der Waals surface area contributed by atoms with Crippen molar-refractivity contribution in [3.8, 4) is 11.9 Å². The van der Waals surface area contributed by atoms with E-state index in [0.29, 0.717) is 31.0 Å². The quantitative estimate of drug-likeness (QED) is 0.862. The summed E-state index contributed by atoms with van der Waals surface area (Å²) in [6, 6.07) is 15.1. The van der Waals surface area contributed by atoms with Gasteiger partial charge >= 0.3 is 0 Å². The van der Waals surface area contributed by atoms with Crippen molar-refractivity contribution in [2.45, 2.75) is 12.5 Å². The molecule has 3 rings (SSSR count). The molecule has 2 aromatic rings. The Hall–Kier alpha value is -2.87. The Morgan fingerprint density at radius 2 is 2.05 bits per heavy atom. The normalized spacial score (nSPS) is 14.0. The van der Waals surface area contributed by atoms with Crippen molar-refractivity contribution in [1.82, 2.24) is 9.88 Å². The monoisotopic (exact) mass is 293 g/mol. The highest BCUT2D eigenvalue weighted by Gasteiger charge is 2.32. The average Bonchev–Trinajstić information content (AvgIpc) is 2.52. The fourth-order valence-electron chi connectivity index (χ4n) is 2.29. The van der Waals surface area contributed by atoms with Crippen LogP contribution in [0, 0.1) is 11.3 Å². The van der Waals surface area contributed by atoms with Gasteiger partial charge in [-0.1, -0.05) is 30.3 Å². The first-order chi connectivity index (χ1) is 10.7. The van der Waals surface area contributed by atoms with E-state index in [4.69, 9.17) is 10.00 Å². The predicted octanol–water partition coefficient (Wildman–Crippen LogP) is 1.79. The molecular weight excluding hydrogens is 278 g/mol. The topological polar surface area (TPSA) is 66.2 Å². The molecule has 1 aromatic carbocycles. The van der Waals surface area contributed by atoms with Crippen molar-refractivity contribution in [2.24, 2.45) is 0 Å². The number of hydrogen-bond acceptors (Lipinski definition) is 4. The van der Waals surface area contributed by atoms with Gasteiger partial charge in [0.2, 0.25) is 11.8 Å². The first-order valence-corrected chi connectivity index (χ1v) is 7.09. The van der Waals surface area contributed by atoms with Crippen molar-refractivity contribution in [3.05, 3.63) is 59.8 Å². The van der Waals surface area contributed by atoms with Crippen LogP contribution in [-0.4, -0.2) is 35.0 Å². The molecular formula is C17H15N3O2. The van der Waals surface area contributed by atoms with Crippen molar-refractivity contribution in [2.75, 3.05) is 13.1 Å². The van der Waals surface area contributed by atoms with Crippen molar-refractivity contribution >= 4 is 5.91 Å². The highest BCUT2D eigenvalue weighted by Crippen LogP contribution is 2.17. The van der Waals surface area contributed by atoms with E-state index in [2.05, 4.69) is 4.98 Å². The number of carbonyl (C=O) groups excluding carboxylic acids is 1. The molecule has 1 saturated heterocycles. The second-order valence-electron chi connectivity index (χ2n) is 5.20. The largest absolute Gasteiger partial charge is 0.471 e. The number of nitriles is 1. The molecule has 1 aliphatic heterocycles. The Morgan fingerprint density at radius 3 is 2.68 bits per heavy atom. The molecule has 22 heavy (non-hydrogen) atoms. The molecule has 0 radical (unpaired) electrons. The summed E-state index contributed by atoms with van der Waals surface area (Å²) in [5.74, 6) is 0.595. The van der Waals surface area contributed by atoms with Crippen LogP contribution in [0.1, 0.15) is 11.1 Å². The number of hydrogen-bond donors (Lipinski definition) is 0. The minimum Gasteiger partial charge on any atom is -0.471 e. The summed E-state index contributed by atoms with van der Waals surface area (Å²) < 4.78 is 5.67. The number of nitrogens with zero attached hydrogens (tertiary/aromatic N) is 3. The zero-order chi connectivity index (χ0) is 15.4. The van der Waals surface area contributed by atoms with E-state index in [9.17, 15) is 4.79 Å². The summed E-state index contributed by atoms with van der Waals surface area (Å²) in [4.78, 5) is 17.9. The molecule has 0 unspecified atom stereocenters. The van der Waals surface area contributed by atoms with Crippen LogP contribution >= 0.6 is 0 Å².